The summed E-state index contributed by atoms with van der Waals surface area (Å²) in [6, 6.07) is 4.25. The summed E-state index contributed by atoms with van der Waals surface area (Å²) in [6.07, 6.45) is -0.273. The van der Waals surface area contributed by atoms with Gasteiger partial charge in [0.05, 0.1) is 19.9 Å². The number of nitrogens with one attached hydrogen (secondary N) is 1. The molecule has 14 heteroatoms. The summed E-state index contributed by atoms with van der Waals surface area (Å²) in [5, 5.41) is 0.774. The standard InChI is InChI=1S/C20H20F3N5O5S/c1-28-19(24)27-20(9-33-15(7-21)17(20)34(28,30)31)12-5-10(3-4-13(12)22)26-18(29)16-14(23)6-11(32-2)8-25-16/h3-6,8,15,17H,7,9H2,1-2H3,(H2,24,27)(H,26,29)/t15-,17-,20+/m0/s1. The summed E-state index contributed by atoms with van der Waals surface area (Å²) in [6.45, 7) is -1.63. The molecule has 182 valence electrons. The van der Waals surface area contributed by atoms with E-state index >= 15 is 4.39 Å². The number of nitrogens with two attached hydrogens (primary N) is 1. The Morgan fingerprint density at radius 2 is 2.09 bits per heavy atom. The van der Waals surface area contributed by atoms with Crippen molar-refractivity contribution in [2.75, 3.05) is 32.8 Å². The Morgan fingerprint density at radius 1 is 1.35 bits per heavy atom. The lowest BCUT2D eigenvalue weighted by Gasteiger charge is -2.39. The van der Waals surface area contributed by atoms with Crippen LogP contribution in [-0.2, 0) is 20.3 Å². The van der Waals surface area contributed by atoms with Crippen molar-refractivity contribution in [1.29, 1.82) is 0 Å². The lowest BCUT2D eigenvalue weighted by molar-refractivity contribution is 0.0847. The average Bonchev–Trinajstić information content (AvgIpc) is 3.19. The van der Waals surface area contributed by atoms with Crippen LogP contribution < -0.4 is 15.8 Å². The van der Waals surface area contributed by atoms with Gasteiger partial charge in [0, 0.05) is 24.4 Å². The molecular weight excluding hydrogens is 479 g/mol. The van der Waals surface area contributed by atoms with Crippen LogP contribution in [0.5, 0.6) is 5.75 Å². The van der Waals surface area contributed by atoms with Crippen molar-refractivity contribution in [3.05, 3.63) is 53.4 Å². The summed E-state index contributed by atoms with van der Waals surface area (Å²) >= 11 is 0. The number of benzene rings is 1. The molecule has 2 aliphatic rings. The monoisotopic (exact) mass is 499 g/mol. The van der Waals surface area contributed by atoms with Crippen LogP contribution in [0, 0.1) is 11.6 Å². The minimum Gasteiger partial charge on any atom is -0.495 e. The minimum absolute atomic E-state index is 0.0136. The van der Waals surface area contributed by atoms with Gasteiger partial charge in [-0.1, -0.05) is 0 Å². The molecular formula is C20H20F3N5O5S. The van der Waals surface area contributed by atoms with Crippen LogP contribution in [0.2, 0.25) is 0 Å². The number of hydrogen-bond donors (Lipinski definition) is 2. The number of sulfonamides is 1. The largest absolute Gasteiger partial charge is 0.495 e. The Bertz CT molecular complexity index is 1290. The van der Waals surface area contributed by atoms with E-state index < -0.39 is 69.4 Å². The number of alkyl halides is 1. The maximum absolute atomic E-state index is 15.0. The Morgan fingerprint density at radius 3 is 2.74 bits per heavy atom. The molecule has 0 bridgehead atoms. The topological polar surface area (TPSA) is 136 Å². The van der Waals surface area contributed by atoms with Crippen molar-refractivity contribution in [3.63, 3.8) is 0 Å². The van der Waals surface area contributed by atoms with Gasteiger partial charge in [0.2, 0.25) is 16.0 Å². The first-order valence-electron chi connectivity index (χ1n) is 9.86. The fourth-order valence-electron chi connectivity index (χ4n) is 4.06. The smallest absolute Gasteiger partial charge is 0.277 e. The number of fused-ring (bicyclic) bond motifs is 1. The molecule has 34 heavy (non-hydrogen) atoms. The first kappa shape index (κ1) is 23.8. The molecule has 1 saturated heterocycles. The van der Waals surface area contributed by atoms with Crippen LogP contribution in [0.4, 0.5) is 18.9 Å². The quantitative estimate of drug-likeness (QED) is 0.630. The molecule has 0 saturated carbocycles. The number of anilines is 1. The van der Waals surface area contributed by atoms with Crippen LogP contribution in [0.15, 0.2) is 35.5 Å². The number of aliphatic imine (C=N–C) groups is 1. The fraction of sp³-hybridized carbons (Fsp3) is 0.350. The highest BCUT2D eigenvalue weighted by Crippen LogP contribution is 2.46. The van der Waals surface area contributed by atoms with Gasteiger partial charge < -0.3 is 20.5 Å². The zero-order valence-electron chi connectivity index (χ0n) is 18.0. The normalized spacial score (nSPS) is 25.4. The molecule has 2 aliphatic heterocycles. The number of rotatable bonds is 5. The van der Waals surface area contributed by atoms with E-state index in [2.05, 4.69) is 15.3 Å². The minimum atomic E-state index is -4.28. The maximum Gasteiger partial charge on any atom is 0.277 e. The van der Waals surface area contributed by atoms with E-state index in [1.165, 1.54) is 13.2 Å². The fourth-order valence-corrected chi connectivity index (χ4v) is 5.98. The molecule has 0 aliphatic carbocycles. The molecule has 1 amide bonds. The van der Waals surface area contributed by atoms with E-state index in [1.807, 2.05) is 0 Å². The molecule has 1 fully saturated rings. The number of aromatic nitrogens is 1. The van der Waals surface area contributed by atoms with Crippen LogP contribution in [0.3, 0.4) is 0 Å². The third kappa shape index (κ3) is 3.62. The van der Waals surface area contributed by atoms with Gasteiger partial charge in [-0.25, -0.2) is 35.9 Å². The Kier molecular flexibility index (Phi) is 5.89. The van der Waals surface area contributed by atoms with Gasteiger partial charge in [-0.15, -0.1) is 0 Å². The highest BCUT2D eigenvalue weighted by Gasteiger charge is 2.62. The van der Waals surface area contributed by atoms with Gasteiger partial charge in [-0.2, -0.15) is 0 Å². The average molecular weight is 499 g/mol. The number of ether oxygens (including phenoxy) is 2. The third-order valence-electron chi connectivity index (χ3n) is 5.77. The molecule has 3 atom stereocenters. The lowest BCUT2D eigenvalue weighted by Crippen LogP contribution is -2.59. The van der Waals surface area contributed by atoms with Crippen molar-refractivity contribution in [2.45, 2.75) is 16.9 Å². The molecule has 3 N–H and O–H groups in total. The second-order valence-corrected chi connectivity index (χ2v) is 9.77. The van der Waals surface area contributed by atoms with E-state index in [9.17, 15) is 22.0 Å². The zero-order chi connectivity index (χ0) is 24.8. The van der Waals surface area contributed by atoms with Crippen LogP contribution in [0.1, 0.15) is 16.1 Å². The molecule has 0 spiro atoms. The lowest BCUT2D eigenvalue weighted by atomic mass is 9.86. The molecule has 0 unspecified atom stereocenters. The van der Waals surface area contributed by atoms with Gasteiger partial charge in [-0.3, -0.25) is 4.79 Å². The number of nitrogens with zero attached hydrogens (tertiary/aromatic N) is 3. The highest BCUT2D eigenvalue weighted by atomic mass is 32.2. The Balaban J connectivity index is 1.77. The second kappa shape index (κ2) is 8.43. The molecule has 1 aromatic heterocycles. The molecule has 1 aromatic carbocycles. The van der Waals surface area contributed by atoms with Crippen molar-refractivity contribution < 1.29 is 35.9 Å². The number of amides is 1. The van der Waals surface area contributed by atoms with E-state index in [4.69, 9.17) is 15.2 Å². The number of methoxy groups -OCH3 is 1. The van der Waals surface area contributed by atoms with E-state index in [0.717, 1.165) is 31.4 Å². The summed E-state index contributed by atoms with van der Waals surface area (Å²) in [5.74, 6) is -3.11. The van der Waals surface area contributed by atoms with Crippen LogP contribution >= 0.6 is 0 Å². The molecule has 4 rings (SSSR count). The van der Waals surface area contributed by atoms with Crippen LogP contribution in [0.25, 0.3) is 0 Å². The zero-order valence-corrected chi connectivity index (χ0v) is 18.8. The number of carbonyl (C=O) groups is 1. The van der Waals surface area contributed by atoms with Gasteiger partial charge in [-0.05, 0) is 18.2 Å². The van der Waals surface area contributed by atoms with Crippen molar-refractivity contribution in [1.82, 2.24) is 9.29 Å². The van der Waals surface area contributed by atoms with Gasteiger partial charge in [0.25, 0.3) is 5.91 Å². The summed E-state index contributed by atoms with van der Waals surface area (Å²) < 4.78 is 79.9. The Labute approximate surface area is 192 Å². The highest BCUT2D eigenvalue weighted by molar-refractivity contribution is 7.90. The van der Waals surface area contributed by atoms with E-state index in [1.54, 1.807) is 0 Å². The van der Waals surface area contributed by atoms with E-state index in [-0.39, 0.29) is 17.0 Å². The number of guanidine groups is 1. The summed E-state index contributed by atoms with van der Waals surface area (Å²) in [5.41, 5.74) is 3.05. The van der Waals surface area contributed by atoms with E-state index in [0.29, 0.717) is 4.31 Å². The first-order chi connectivity index (χ1) is 16.0. The van der Waals surface area contributed by atoms with Crippen molar-refractivity contribution in [3.8, 4) is 5.75 Å². The summed E-state index contributed by atoms with van der Waals surface area (Å²) in [7, 11) is -1.82. The number of halogens is 3. The Hall–Kier alpha value is -3.39. The van der Waals surface area contributed by atoms with Crippen molar-refractivity contribution >= 4 is 27.6 Å². The number of carbonyl (C=O) groups excluding carboxylic acids is 1. The van der Waals surface area contributed by atoms with Crippen LogP contribution in [-0.4, -0.2) is 68.4 Å². The number of hydrogen-bond acceptors (Lipinski definition) is 8. The predicted molar refractivity (Wildman–Crippen MR) is 115 cm³/mol. The SMILES string of the molecule is COc1cnc(C(=O)Nc2ccc(F)c([C@]34CO[C@@H](CF)[C@@H]3S(=O)(=O)N(C)C(N)=N4)c2)c(F)c1. The first-order valence-corrected chi connectivity index (χ1v) is 11.4. The third-order valence-corrected chi connectivity index (χ3v) is 8.06. The molecule has 10 nitrogen and oxygen atoms in total. The number of pyridine rings is 1. The van der Waals surface area contributed by atoms with Crippen molar-refractivity contribution in [2.24, 2.45) is 10.7 Å². The molecule has 0 radical (unpaired) electrons. The van der Waals surface area contributed by atoms with Gasteiger partial charge in [0.1, 0.15) is 35.1 Å². The van der Waals surface area contributed by atoms with Gasteiger partial charge >= 0.3 is 0 Å². The molecule has 3 heterocycles. The predicted octanol–water partition coefficient (Wildman–Crippen LogP) is 1.14. The van der Waals surface area contributed by atoms with Gasteiger partial charge in [0.15, 0.2) is 11.5 Å². The molecule has 2 aromatic rings. The maximum atomic E-state index is 15.0. The summed E-state index contributed by atoms with van der Waals surface area (Å²) in [4.78, 5) is 20.5. The second-order valence-electron chi connectivity index (χ2n) is 7.69.